The fourth-order valence-corrected chi connectivity index (χ4v) is 2.96. The zero-order valence-electron chi connectivity index (χ0n) is 13.8. The number of rotatable bonds is 3. The van der Waals surface area contributed by atoms with Crippen molar-refractivity contribution < 1.29 is 17.9 Å². The van der Waals surface area contributed by atoms with Crippen molar-refractivity contribution in [2.75, 3.05) is 39.2 Å². The van der Waals surface area contributed by atoms with Gasteiger partial charge in [-0.2, -0.15) is 0 Å². The van der Waals surface area contributed by atoms with Gasteiger partial charge in [-0.05, 0) is 18.2 Å². The van der Waals surface area contributed by atoms with Crippen LogP contribution in [0.15, 0.2) is 18.2 Å². The zero-order valence-corrected chi connectivity index (χ0v) is 14.6. The van der Waals surface area contributed by atoms with E-state index in [4.69, 9.17) is 10.5 Å². The monoisotopic (exact) mass is 341 g/mol. The predicted octanol–water partition coefficient (Wildman–Crippen LogP) is 0.629. The molecule has 8 heteroatoms. The lowest BCUT2D eigenvalue weighted by atomic mass is 10.0. The third-order valence-corrected chi connectivity index (χ3v) is 5.34. The van der Waals surface area contributed by atoms with Gasteiger partial charge in [0.05, 0.1) is 18.4 Å². The van der Waals surface area contributed by atoms with Crippen LogP contribution in [0.25, 0.3) is 0 Å². The van der Waals surface area contributed by atoms with Crippen LogP contribution in [0, 0.1) is 5.92 Å². The topological polar surface area (TPSA) is 92.9 Å². The summed E-state index contributed by atoms with van der Waals surface area (Å²) >= 11 is 0. The molecule has 23 heavy (non-hydrogen) atoms. The highest BCUT2D eigenvalue weighted by atomic mass is 32.2. The molecule has 0 spiro atoms. The van der Waals surface area contributed by atoms with Crippen molar-refractivity contribution in [3.63, 3.8) is 0 Å². The molecular formula is C15H23N3O4S. The molecule has 1 aromatic carbocycles. The number of likely N-dealkylation sites (N-methyl/N-ethyl adjacent to an activating group) is 1. The summed E-state index contributed by atoms with van der Waals surface area (Å²) < 4.78 is 30.6. The molecule has 1 heterocycles. The molecule has 0 aromatic heterocycles. The van der Waals surface area contributed by atoms with Gasteiger partial charge < -0.3 is 15.4 Å². The molecule has 0 saturated carbocycles. The van der Waals surface area contributed by atoms with Crippen molar-refractivity contribution in [2.45, 2.75) is 13.0 Å². The molecular weight excluding hydrogens is 318 g/mol. The van der Waals surface area contributed by atoms with Crippen LogP contribution in [0.4, 0.5) is 5.69 Å². The van der Waals surface area contributed by atoms with Gasteiger partial charge in [-0.25, -0.2) is 12.7 Å². The van der Waals surface area contributed by atoms with Gasteiger partial charge in [0.25, 0.3) is 5.91 Å². The molecule has 0 bridgehead atoms. The summed E-state index contributed by atoms with van der Waals surface area (Å²) in [4.78, 5) is 14.1. The minimum atomic E-state index is -3.30. The Morgan fingerprint density at radius 1 is 1.43 bits per heavy atom. The molecule has 128 valence electrons. The highest BCUT2D eigenvalue weighted by molar-refractivity contribution is 7.88. The Hall–Kier alpha value is -1.80. The number of fused-ring (bicyclic) bond motifs is 1. The highest BCUT2D eigenvalue weighted by Crippen LogP contribution is 2.28. The molecule has 7 nitrogen and oxygen atoms in total. The van der Waals surface area contributed by atoms with Crippen molar-refractivity contribution in [2.24, 2.45) is 5.92 Å². The van der Waals surface area contributed by atoms with Crippen molar-refractivity contribution in [1.29, 1.82) is 0 Å². The van der Waals surface area contributed by atoms with Gasteiger partial charge in [0.1, 0.15) is 11.9 Å². The van der Waals surface area contributed by atoms with E-state index in [0.29, 0.717) is 23.5 Å². The standard InChI is InChI=1S/C15H23N3O4S/c1-10-8-17(2)15(19)12-7-11(16)5-6-13(12)22-14(10)9-18(3)23(4,20)21/h5-7,10,14H,8-9,16H2,1-4H3/t10-,14+/m1/s1. The molecule has 0 unspecified atom stereocenters. The first kappa shape index (κ1) is 17.6. The Labute approximate surface area is 137 Å². The van der Waals surface area contributed by atoms with E-state index < -0.39 is 10.0 Å². The molecule has 0 saturated heterocycles. The second kappa shape index (κ2) is 6.37. The first-order chi connectivity index (χ1) is 10.6. The number of anilines is 1. The van der Waals surface area contributed by atoms with E-state index in [0.717, 1.165) is 6.26 Å². The third kappa shape index (κ3) is 3.94. The summed E-state index contributed by atoms with van der Waals surface area (Å²) in [6.07, 6.45) is 0.790. The Morgan fingerprint density at radius 3 is 2.70 bits per heavy atom. The maximum atomic E-state index is 12.5. The van der Waals surface area contributed by atoms with E-state index in [2.05, 4.69) is 0 Å². The largest absolute Gasteiger partial charge is 0.488 e. The molecule has 1 aliphatic heterocycles. The van der Waals surface area contributed by atoms with Crippen LogP contribution in [-0.2, 0) is 10.0 Å². The van der Waals surface area contributed by atoms with Gasteiger partial charge >= 0.3 is 0 Å². The predicted molar refractivity (Wildman–Crippen MR) is 88.9 cm³/mol. The summed E-state index contributed by atoms with van der Waals surface area (Å²) in [5, 5.41) is 0. The number of benzene rings is 1. The number of carbonyl (C=O) groups is 1. The van der Waals surface area contributed by atoms with E-state index in [1.54, 1.807) is 30.1 Å². The van der Waals surface area contributed by atoms with Crippen LogP contribution in [0.1, 0.15) is 17.3 Å². The Balaban J connectivity index is 2.37. The van der Waals surface area contributed by atoms with Crippen LogP contribution in [0.3, 0.4) is 0 Å². The van der Waals surface area contributed by atoms with Gasteiger partial charge in [-0.3, -0.25) is 4.79 Å². The summed E-state index contributed by atoms with van der Waals surface area (Å²) in [5.41, 5.74) is 6.64. The number of hydrogen-bond acceptors (Lipinski definition) is 5. The van der Waals surface area contributed by atoms with E-state index in [1.807, 2.05) is 6.92 Å². The summed E-state index contributed by atoms with van der Waals surface area (Å²) in [6.45, 7) is 2.62. The second-order valence-corrected chi connectivity index (χ2v) is 8.21. The normalized spacial score (nSPS) is 22.3. The molecule has 1 aromatic rings. The summed E-state index contributed by atoms with van der Waals surface area (Å²) in [5.74, 6) is 0.238. The fraction of sp³-hybridized carbons (Fsp3) is 0.533. The smallest absolute Gasteiger partial charge is 0.257 e. The van der Waals surface area contributed by atoms with E-state index >= 15 is 0 Å². The van der Waals surface area contributed by atoms with E-state index in [-0.39, 0.29) is 24.5 Å². The van der Waals surface area contributed by atoms with Crippen LogP contribution in [0.2, 0.25) is 0 Å². The van der Waals surface area contributed by atoms with Crippen LogP contribution in [-0.4, -0.2) is 63.1 Å². The number of hydrogen-bond donors (Lipinski definition) is 1. The van der Waals surface area contributed by atoms with Crippen molar-refractivity contribution in [3.8, 4) is 5.75 Å². The molecule has 2 N–H and O–H groups in total. The van der Waals surface area contributed by atoms with Gasteiger partial charge in [0, 0.05) is 32.2 Å². The van der Waals surface area contributed by atoms with Gasteiger partial charge in [-0.15, -0.1) is 0 Å². The molecule has 0 radical (unpaired) electrons. The maximum absolute atomic E-state index is 12.5. The second-order valence-electron chi connectivity index (χ2n) is 6.12. The van der Waals surface area contributed by atoms with E-state index in [9.17, 15) is 13.2 Å². The van der Waals surface area contributed by atoms with Crippen LogP contribution < -0.4 is 10.5 Å². The number of nitrogen functional groups attached to an aromatic ring is 1. The fourth-order valence-electron chi connectivity index (χ4n) is 2.54. The lowest BCUT2D eigenvalue weighted by Gasteiger charge is -2.34. The number of amides is 1. The minimum Gasteiger partial charge on any atom is -0.488 e. The lowest BCUT2D eigenvalue weighted by molar-refractivity contribution is 0.0605. The number of ether oxygens (including phenoxy) is 1. The maximum Gasteiger partial charge on any atom is 0.257 e. The van der Waals surface area contributed by atoms with Gasteiger partial charge in [0.2, 0.25) is 10.0 Å². The average molecular weight is 341 g/mol. The molecule has 1 amide bonds. The minimum absolute atomic E-state index is 0.0288. The van der Waals surface area contributed by atoms with E-state index in [1.165, 1.54) is 11.4 Å². The molecule has 2 rings (SSSR count). The number of nitrogens with zero attached hydrogens (tertiary/aromatic N) is 2. The van der Waals surface area contributed by atoms with Gasteiger partial charge in [0.15, 0.2) is 0 Å². The van der Waals surface area contributed by atoms with Crippen molar-refractivity contribution >= 4 is 21.6 Å². The molecule has 0 fully saturated rings. The SMILES string of the molecule is C[C@@H]1CN(C)C(=O)c2cc(N)ccc2O[C@H]1CN(C)S(C)(=O)=O. The molecule has 0 aliphatic carbocycles. The first-order valence-corrected chi connectivity index (χ1v) is 9.17. The van der Waals surface area contributed by atoms with Crippen molar-refractivity contribution in [3.05, 3.63) is 23.8 Å². The third-order valence-electron chi connectivity index (χ3n) is 4.06. The van der Waals surface area contributed by atoms with Crippen molar-refractivity contribution in [1.82, 2.24) is 9.21 Å². The number of sulfonamides is 1. The Kier molecular flexibility index (Phi) is 4.86. The zero-order chi connectivity index (χ0) is 17.4. The average Bonchev–Trinajstić information content (AvgIpc) is 2.45. The number of carbonyl (C=O) groups excluding carboxylic acids is 1. The first-order valence-electron chi connectivity index (χ1n) is 7.32. The van der Waals surface area contributed by atoms with Crippen LogP contribution >= 0.6 is 0 Å². The van der Waals surface area contributed by atoms with Gasteiger partial charge in [-0.1, -0.05) is 6.92 Å². The lowest BCUT2D eigenvalue weighted by Crippen LogP contribution is -2.46. The quantitative estimate of drug-likeness (QED) is 0.814. The summed E-state index contributed by atoms with van der Waals surface area (Å²) in [6, 6.07) is 4.90. The molecule has 2 atom stereocenters. The van der Waals surface area contributed by atoms with Crippen LogP contribution in [0.5, 0.6) is 5.75 Å². The number of nitrogens with two attached hydrogens (primary N) is 1. The molecule has 1 aliphatic rings. The highest BCUT2D eigenvalue weighted by Gasteiger charge is 2.31. The Morgan fingerprint density at radius 2 is 2.09 bits per heavy atom. The Bertz CT molecular complexity index is 705. The summed E-state index contributed by atoms with van der Waals surface area (Å²) in [7, 11) is -0.0687.